The molecule has 1 aromatic carbocycles. The van der Waals surface area contributed by atoms with Gasteiger partial charge in [0.25, 0.3) is 0 Å². The van der Waals surface area contributed by atoms with Crippen LogP contribution >= 0.6 is 11.6 Å². The van der Waals surface area contributed by atoms with E-state index in [1.165, 1.54) is 0 Å². The number of alkyl halides is 1. The molecule has 0 radical (unpaired) electrons. The molecule has 0 heterocycles. The first kappa shape index (κ1) is 13.0. The second-order valence-corrected chi connectivity index (χ2v) is 4.04. The summed E-state index contributed by atoms with van der Waals surface area (Å²) in [5, 5.41) is 0. The van der Waals surface area contributed by atoms with E-state index in [-0.39, 0.29) is 5.97 Å². The molecule has 0 aromatic heterocycles. The van der Waals surface area contributed by atoms with E-state index in [2.05, 4.69) is 6.92 Å². The maximum absolute atomic E-state index is 11.7. The SMILES string of the molecule is CCCCOC(=O)c1ccc(CCl)cc1C. The van der Waals surface area contributed by atoms with E-state index in [1.54, 1.807) is 6.07 Å². The first-order valence-corrected chi connectivity index (χ1v) is 6.05. The van der Waals surface area contributed by atoms with Crippen LogP contribution in [0.15, 0.2) is 18.2 Å². The van der Waals surface area contributed by atoms with Crippen molar-refractivity contribution in [2.24, 2.45) is 0 Å². The van der Waals surface area contributed by atoms with Gasteiger partial charge in [0.2, 0.25) is 0 Å². The number of benzene rings is 1. The van der Waals surface area contributed by atoms with Gasteiger partial charge in [-0.15, -0.1) is 11.6 Å². The zero-order valence-electron chi connectivity index (χ0n) is 9.75. The largest absolute Gasteiger partial charge is 0.462 e. The first-order chi connectivity index (χ1) is 7.69. The molecule has 16 heavy (non-hydrogen) atoms. The van der Waals surface area contributed by atoms with E-state index >= 15 is 0 Å². The summed E-state index contributed by atoms with van der Waals surface area (Å²) >= 11 is 5.72. The number of carbonyl (C=O) groups excluding carboxylic acids is 1. The number of halogens is 1. The molecule has 0 bridgehead atoms. The molecule has 2 nitrogen and oxygen atoms in total. The number of rotatable bonds is 5. The van der Waals surface area contributed by atoms with E-state index in [0.717, 1.165) is 24.0 Å². The fraction of sp³-hybridized carbons (Fsp3) is 0.462. The number of unbranched alkanes of at least 4 members (excludes halogenated alkanes) is 1. The quantitative estimate of drug-likeness (QED) is 0.446. The lowest BCUT2D eigenvalue weighted by Crippen LogP contribution is -2.08. The van der Waals surface area contributed by atoms with E-state index in [9.17, 15) is 4.79 Å². The molecule has 0 aliphatic carbocycles. The summed E-state index contributed by atoms with van der Waals surface area (Å²) in [5.74, 6) is 0.221. The lowest BCUT2D eigenvalue weighted by molar-refractivity contribution is 0.0499. The summed E-state index contributed by atoms with van der Waals surface area (Å²) in [6.45, 7) is 4.45. The van der Waals surface area contributed by atoms with E-state index in [0.29, 0.717) is 18.1 Å². The minimum Gasteiger partial charge on any atom is -0.462 e. The van der Waals surface area contributed by atoms with Crippen LogP contribution in [0.1, 0.15) is 41.3 Å². The highest BCUT2D eigenvalue weighted by Gasteiger charge is 2.10. The molecule has 0 amide bonds. The predicted octanol–water partition coefficient (Wildman–Crippen LogP) is 3.69. The van der Waals surface area contributed by atoms with Crippen molar-refractivity contribution in [3.8, 4) is 0 Å². The molecular weight excluding hydrogens is 224 g/mol. The summed E-state index contributed by atoms with van der Waals surface area (Å²) in [6, 6.07) is 5.56. The molecule has 0 fully saturated rings. The zero-order valence-corrected chi connectivity index (χ0v) is 10.5. The molecule has 0 spiro atoms. The van der Waals surface area contributed by atoms with Crippen molar-refractivity contribution >= 4 is 17.6 Å². The molecule has 0 aliphatic heterocycles. The average Bonchev–Trinajstić information content (AvgIpc) is 2.29. The molecule has 0 aliphatic rings. The van der Waals surface area contributed by atoms with Crippen LogP contribution in [0.3, 0.4) is 0 Å². The molecule has 0 atom stereocenters. The van der Waals surface area contributed by atoms with Crippen LogP contribution in [0.25, 0.3) is 0 Å². The van der Waals surface area contributed by atoms with Gasteiger partial charge in [-0.25, -0.2) is 4.79 Å². The molecule has 1 aromatic rings. The Kier molecular flexibility index (Phi) is 5.33. The van der Waals surface area contributed by atoms with Crippen LogP contribution in [0.4, 0.5) is 0 Å². The van der Waals surface area contributed by atoms with Crippen molar-refractivity contribution in [1.29, 1.82) is 0 Å². The predicted molar refractivity (Wildman–Crippen MR) is 65.9 cm³/mol. The third-order valence-corrected chi connectivity index (χ3v) is 2.70. The molecule has 0 unspecified atom stereocenters. The summed E-state index contributed by atoms with van der Waals surface area (Å²) < 4.78 is 5.15. The first-order valence-electron chi connectivity index (χ1n) is 5.51. The number of carbonyl (C=O) groups is 1. The highest BCUT2D eigenvalue weighted by molar-refractivity contribution is 6.17. The Labute approximate surface area is 102 Å². The van der Waals surface area contributed by atoms with Crippen LogP contribution in [0, 0.1) is 6.92 Å². The van der Waals surface area contributed by atoms with Gasteiger partial charge >= 0.3 is 5.97 Å². The van der Waals surface area contributed by atoms with Crippen molar-refractivity contribution in [1.82, 2.24) is 0 Å². The summed E-state index contributed by atoms with van der Waals surface area (Å²) in [7, 11) is 0. The molecule has 88 valence electrons. The van der Waals surface area contributed by atoms with Gasteiger partial charge in [0.15, 0.2) is 0 Å². The number of hydrogen-bond donors (Lipinski definition) is 0. The van der Waals surface area contributed by atoms with Crippen LogP contribution in [0.5, 0.6) is 0 Å². The summed E-state index contributed by atoms with van der Waals surface area (Å²) in [6.07, 6.45) is 1.93. The molecular formula is C13H17ClO2. The highest BCUT2D eigenvalue weighted by atomic mass is 35.5. The van der Waals surface area contributed by atoms with Gasteiger partial charge in [-0.1, -0.05) is 25.5 Å². The van der Waals surface area contributed by atoms with Gasteiger partial charge in [-0.3, -0.25) is 0 Å². The Hall–Kier alpha value is -1.02. The zero-order chi connectivity index (χ0) is 12.0. The number of esters is 1. The molecule has 0 saturated carbocycles. The molecule has 3 heteroatoms. The van der Waals surface area contributed by atoms with Crippen molar-refractivity contribution < 1.29 is 9.53 Å². The molecule has 0 N–H and O–H groups in total. The smallest absolute Gasteiger partial charge is 0.338 e. The Morgan fingerprint density at radius 2 is 2.19 bits per heavy atom. The van der Waals surface area contributed by atoms with Crippen molar-refractivity contribution in [2.75, 3.05) is 6.61 Å². The Bertz CT molecular complexity index is 361. The lowest BCUT2D eigenvalue weighted by Gasteiger charge is -2.07. The Balaban J connectivity index is 2.68. The van der Waals surface area contributed by atoms with Crippen molar-refractivity contribution in [3.63, 3.8) is 0 Å². The summed E-state index contributed by atoms with van der Waals surface area (Å²) in [5.41, 5.74) is 2.56. The van der Waals surface area contributed by atoms with Crippen molar-refractivity contribution in [2.45, 2.75) is 32.6 Å². The topological polar surface area (TPSA) is 26.3 Å². The maximum Gasteiger partial charge on any atom is 0.338 e. The van der Waals surface area contributed by atoms with Gasteiger partial charge < -0.3 is 4.74 Å². The monoisotopic (exact) mass is 240 g/mol. The van der Waals surface area contributed by atoms with Gasteiger partial charge in [0, 0.05) is 5.88 Å². The minimum absolute atomic E-state index is 0.243. The third kappa shape index (κ3) is 3.53. The standard InChI is InChI=1S/C13H17ClO2/c1-3-4-7-16-13(15)12-6-5-11(9-14)8-10(12)2/h5-6,8H,3-4,7,9H2,1-2H3. The number of aryl methyl sites for hydroxylation is 1. The maximum atomic E-state index is 11.7. The third-order valence-electron chi connectivity index (χ3n) is 2.40. The van der Waals surface area contributed by atoms with Gasteiger partial charge in [-0.2, -0.15) is 0 Å². The molecule has 1 rings (SSSR count). The number of ether oxygens (including phenoxy) is 1. The van der Waals surface area contributed by atoms with Crippen molar-refractivity contribution in [3.05, 3.63) is 34.9 Å². The van der Waals surface area contributed by atoms with Gasteiger partial charge in [-0.05, 0) is 30.5 Å². The van der Waals surface area contributed by atoms with Crippen LogP contribution in [0.2, 0.25) is 0 Å². The van der Waals surface area contributed by atoms with Crippen LogP contribution < -0.4 is 0 Å². The number of hydrogen-bond acceptors (Lipinski definition) is 2. The average molecular weight is 241 g/mol. The second-order valence-electron chi connectivity index (χ2n) is 3.77. The highest BCUT2D eigenvalue weighted by Crippen LogP contribution is 2.14. The molecule has 0 saturated heterocycles. The van der Waals surface area contributed by atoms with Crippen LogP contribution in [-0.4, -0.2) is 12.6 Å². The van der Waals surface area contributed by atoms with E-state index < -0.39 is 0 Å². The Morgan fingerprint density at radius 1 is 1.44 bits per heavy atom. The van der Waals surface area contributed by atoms with E-state index in [4.69, 9.17) is 16.3 Å². The van der Waals surface area contributed by atoms with E-state index in [1.807, 2.05) is 19.1 Å². The summed E-state index contributed by atoms with van der Waals surface area (Å²) in [4.78, 5) is 11.7. The Morgan fingerprint density at radius 3 is 2.75 bits per heavy atom. The minimum atomic E-state index is -0.243. The normalized spacial score (nSPS) is 10.2. The second kappa shape index (κ2) is 6.54. The lowest BCUT2D eigenvalue weighted by atomic mass is 10.1. The fourth-order valence-electron chi connectivity index (χ4n) is 1.42. The van der Waals surface area contributed by atoms with Crippen LogP contribution in [-0.2, 0) is 10.6 Å². The van der Waals surface area contributed by atoms with Gasteiger partial charge in [0.05, 0.1) is 12.2 Å². The van der Waals surface area contributed by atoms with Gasteiger partial charge in [0.1, 0.15) is 0 Å². The fourth-order valence-corrected chi connectivity index (χ4v) is 1.59.